The van der Waals surface area contributed by atoms with Gasteiger partial charge in [-0.1, -0.05) is 0 Å². The summed E-state index contributed by atoms with van der Waals surface area (Å²) in [4.78, 5) is 13.8. The Bertz CT molecular complexity index is 455. The van der Waals surface area contributed by atoms with Gasteiger partial charge in [-0.25, -0.2) is 13.6 Å². The molecule has 0 spiro atoms. The standard InChI is InChI=1S/C9H6F5NO2/c1-3-6(9(12,13)14)5(7(10)11)4(2-15-3)8(16)17/h2,7H,1H3,(H,16,17). The molecule has 1 aromatic rings. The average Bonchev–Trinajstić information content (AvgIpc) is 2.14. The number of aromatic carboxylic acids is 1. The van der Waals surface area contributed by atoms with E-state index in [4.69, 9.17) is 5.11 Å². The number of hydrogen-bond donors (Lipinski definition) is 1. The van der Waals surface area contributed by atoms with Crippen molar-refractivity contribution in [3.05, 3.63) is 28.6 Å². The minimum absolute atomic E-state index is 0.494. The minimum atomic E-state index is -5.08. The second-order valence-electron chi connectivity index (χ2n) is 3.15. The fraction of sp³-hybridized carbons (Fsp3) is 0.333. The van der Waals surface area contributed by atoms with Gasteiger partial charge in [0.25, 0.3) is 6.43 Å². The molecule has 8 heteroatoms. The highest BCUT2D eigenvalue weighted by Crippen LogP contribution is 2.39. The summed E-state index contributed by atoms with van der Waals surface area (Å²) in [5.41, 5.74) is -5.05. The quantitative estimate of drug-likeness (QED) is 0.826. The molecular formula is C9H6F5NO2. The van der Waals surface area contributed by atoms with E-state index in [1.54, 1.807) is 0 Å². The molecule has 0 aliphatic heterocycles. The molecular weight excluding hydrogens is 249 g/mol. The molecule has 0 bridgehead atoms. The molecule has 17 heavy (non-hydrogen) atoms. The zero-order valence-corrected chi connectivity index (χ0v) is 8.35. The number of pyridine rings is 1. The number of carboxylic acid groups (broad SMARTS) is 1. The zero-order valence-electron chi connectivity index (χ0n) is 8.35. The van der Waals surface area contributed by atoms with Gasteiger partial charge in [0.2, 0.25) is 0 Å². The second kappa shape index (κ2) is 4.27. The van der Waals surface area contributed by atoms with Crippen molar-refractivity contribution in [2.24, 2.45) is 0 Å². The van der Waals surface area contributed by atoms with Crippen LogP contribution in [0, 0.1) is 6.92 Å². The van der Waals surface area contributed by atoms with Gasteiger partial charge in [-0.2, -0.15) is 13.2 Å². The van der Waals surface area contributed by atoms with E-state index >= 15 is 0 Å². The first-order chi connectivity index (χ1) is 7.66. The molecule has 0 radical (unpaired) electrons. The number of aromatic nitrogens is 1. The Balaban J connectivity index is 3.67. The molecule has 0 amide bonds. The van der Waals surface area contributed by atoms with Gasteiger partial charge in [0.15, 0.2) is 0 Å². The SMILES string of the molecule is Cc1ncc(C(=O)O)c(C(F)F)c1C(F)(F)F. The lowest BCUT2D eigenvalue weighted by Crippen LogP contribution is -2.17. The van der Waals surface area contributed by atoms with Gasteiger partial charge in [-0.3, -0.25) is 4.98 Å². The predicted molar refractivity (Wildman–Crippen MR) is 45.9 cm³/mol. The van der Waals surface area contributed by atoms with E-state index in [-0.39, 0.29) is 0 Å². The Morgan fingerprint density at radius 1 is 1.41 bits per heavy atom. The number of carbonyl (C=O) groups is 1. The lowest BCUT2D eigenvalue weighted by atomic mass is 10.0. The van der Waals surface area contributed by atoms with Crippen LogP contribution in [-0.2, 0) is 6.18 Å². The Labute approximate surface area is 91.9 Å². The first kappa shape index (κ1) is 13.3. The van der Waals surface area contributed by atoms with E-state index in [1.165, 1.54) is 0 Å². The van der Waals surface area contributed by atoms with Gasteiger partial charge in [-0.05, 0) is 6.92 Å². The Hall–Kier alpha value is -1.73. The van der Waals surface area contributed by atoms with Crippen LogP contribution in [0.3, 0.4) is 0 Å². The number of aryl methyl sites for hydroxylation is 1. The van der Waals surface area contributed by atoms with Crippen molar-refractivity contribution in [2.45, 2.75) is 19.5 Å². The van der Waals surface area contributed by atoms with E-state index in [2.05, 4.69) is 4.98 Å². The van der Waals surface area contributed by atoms with Crippen molar-refractivity contribution >= 4 is 5.97 Å². The van der Waals surface area contributed by atoms with Crippen molar-refractivity contribution in [2.75, 3.05) is 0 Å². The molecule has 1 aromatic heterocycles. The van der Waals surface area contributed by atoms with Gasteiger partial charge in [0.1, 0.15) is 0 Å². The van der Waals surface area contributed by atoms with E-state index in [0.29, 0.717) is 6.20 Å². The van der Waals surface area contributed by atoms with Crippen LogP contribution in [0.2, 0.25) is 0 Å². The summed E-state index contributed by atoms with van der Waals surface area (Å²) >= 11 is 0. The summed E-state index contributed by atoms with van der Waals surface area (Å²) < 4.78 is 62.8. The van der Waals surface area contributed by atoms with Gasteiger partial charge in [0.05, 0.1) is 11.1 Å². The largest absolute Gasteiger partial charge is 0.478 e. The van der Waals surface area contributed by atoms with Crippen molar-refractivity contribution in [3.63, 3.8) is 0 Å². The van der Waals surface area contributed by atoms with E-state index < -0.39 is 41.0 Å². The molecule has 0 fully saturated rings. The predicted octanol–water partition coefficient (Wildman–Crippen LogP) is 3.04. The van der Waals surface area contributed by atoms with Crippen LogP contribution in [0.25, 0.3) is 0 Å². The van der Waals surface area contributed by atoms with Crippen molar-refractivity contribution in [1.82, 2.24) is 4.98 Å². The second-order valence-corrected chi connectivity index (χ2v) is 3.15. The fourth-order valence-electron chi connectivity index (χ4n) is 1.38. The number of halogens is 5. The molecule has 1 heterocycles. The van der Waals surface area contributed by atoms with E-state index in [0.717, 1.165) is 6.92 Å². The van der Waals surface area contributed by atoms with Crippen molar-refractivity contribution < 1.29 is 31.9 Å². The third-order valence-corrected chi connectivity index (χ3v) is 2.04. The van der Waals surface area contributed by atoms with Crippen LogP contribution >= 0.6 is 0 Å². The van der Waals surface area contributed by atoms with Crippen molar-refractivity contribution in [3.8, 4) is 0 Å². The highest BCUT2D eigenvalue weighted by atomic mass is 19.4. The number of hydrogen-bond acceptors (Lipinski definition) is 2. The maximum atomic E-state index is 12.6. The Morgan fingerprint density at radius 2 is 1.94 bits per heavy atom. The smallest absolute Gasteiger partial charge is 0.418 e. The lowest BCUT2D eigenvalue weighted by Gasteiger charge is -2.16. The summed E-state index contributed by atoms with van der Waals surface area (Å²) in [5.74, 6) is -1.88. The molecule has 0 aliphatic carbocycles. The summed E-state index contributed by atoms with van der Waals surface area (Å²) in [7, 11) is 0. The van der Waals surface area contributed by atoms with Crippen LogP contribution in [0.1, 0.15) is 33.6 Å². The fourth-order valence-corrected chi connectivity index (χ4v) is 1.38. The molecule has 0 aromatic carbocycles. The average molecular weight is 255 g/mol. The van der Waals surface area contributed by atoms with Crippen LogP contribution in [0.15, 0.2) is 6.20 Å². The van der Waals surface area contributed by atoms with Gasteiger partial charge in [-0.15, -0.1) is 0 Å². The lowest BCUT2D eigenvalue weighted by molar-refractivity contribution is -0.140. The molecule has 3 nitrogen and oxygen atoms in total. The van der Waals surface area contributed by atoms with Gasteiger partial charge in [0, 0.05) is 17.5 Å². The van der Waals surface area contributed by atoms with Gasteiger partial charge >= 0.3 is 12.1 Å². The Morgan fingerprint density at radius 3 is 2.29 bits per heavy atom. The minimum Gasteiger partial charge on any atom is -0.478 e. The molecule has 0 saturated carbocycles. The maximum absolute atomic E-state index is 12.6. The molecule has 0 atom stereocenters. The van der Waals surface area contributed by atoms with Gasteiger partial charge < -0.3 is 5.11 Å². The van der Waals surface area contributed by atoms with Crippen LogP contribution in [0.5, 0.6) is 0 Å². The van der Waals surface area contributed by atoms with Crippen LogP contribution in [-0.4, -0.2) is 16.1 Å². The Kier molecular flexibility index (Phi) is 3.35. The van der Waals surface area contributed by atoms with Crippen molar-refractivity contribution in [1.29, 1.82) is 0 Å². The number of nitrogens with zero attached hydrogens (tertiary/aromatic N) is 1. The normalized spacial score (nSPS) is 11.9. The summed E-state index contributed by atoms with van der Waals surface area (Å²) in [6.07, 6.45) is -8.12. The number of rotatable bonds is 2. The number of carboxylic acids is 1. The summed E-state index contributed by atoms with van der Waals surface area (Å²) in [6.45, 7) is 0.889. The molecule has 94 valence electrons. The summed E-state index contributed by atoms with van der Waals surface area (Å²) in [6, 6.07) is 0. The monoisotopic (exact) mass is 255 g/mol. The first-order valence-corrected chi connectivity index (χ1v) is 4.24. The topological polar surface area (TPSA) is 50.2 Å². The molecule has 0 saturated heterocycles. The third kappa shape index (κ3) is 2.51. The molecule has 1 N–H and O–H groups in total. The highest BCUT2D eigenvalue weighted by Gasteiger charge is 2.40. The first-order valence-electron chi connectivity index (χ1n) is 4.24. The van der Waals surface area contributed by atoms with Crippen LogP contribution in [0.4, 0.5) is 22.0 Å². The summed E-state index contributed by atoms with van der Waals surface area (Å²) in [5, 5.41) is 8.55. The number of alkyl halides is 5. The molecule has 0 unspecified atom stereocenters. The molecule has 1 rings (SSSR count). The third-order valence-electron chi connectivity index (χ3n) is 2.04. The molecule has 0 aliphatic rings. The zero-order chi connectivity index (χ0) is 13.4. The van der Waals surface area contributed by atoms with E-state index in [9.17, 15) is 26.7 Å². The van der Waals surface area contributed by atoms with Crippen LogP contribution < -0.4 is 0 Å². The highest BCUT2D eigenvalue weighted by molar-refractivity contribution is 5.89. The van der Waals surface area contributed by atoms with E-state index in [1.807, 2.05) is 0 Å². The maximum Gasteiger partial charge on any atom is 0.418 e.